The molecule has 0 aliphatic carbocycles. The Hall–Kier alpha value is -2.77. The lowest BCUT2D eigenvalue weighted by Gasteiger charge is -2.08. The quantitative estimate of drug-likeness (QED) is 0.661. The Morgan fingerprint density at radius 1 is 1.24 bits per heavy atom. The molecule has 8 nitrogen and oxygen atoms in total. The number of carbonyl (C=O) groups is 1. The van der Waals surface area contributed by atoms with E-state index in [0.717, 1.165) is 25.0 Å². The molecule has 0 saturated heterocycles. The van der Waals surface area contributed by atoms with Gasteiger partial charge in [0.05, 0.1) is 6.33 Å². The lowest BCUT2D eigenvalue weighted by molar-refractivity contribution is -0.121. The number of nitrogens with one attached hydrogen (secondary N) is 1. The topological polar surface area (TPSA) is 98.9 Å². The summed E-state index contributed by atoms with van der Waals surface area (Å²) in [5.74, 6) is -0.265. The Balaban J connectivity index is 1.77. The van der Waals surface area contributed by atoms with Crippen LogP contribution in [-0.2, 0) is 24.3 Å². The first-order valence-electron chi connectivity index (χ1n) is 8.44. The average Bonchev–Trinajstić information content (AvgIpc) is 2.60. The Kier molecular flexibility index (Phi) is 7.06. The van der Waals surface area contributed by atoms with Crippen LogP contribution in [0.2, 0.25) is 0 Å². The van der Waals surface area contributed by atoms with Gasteiger partial charge in [-0.1, -0.05) is 13.3 Å². The van der Waals surface area contributed by atoms with E-state index in [4.69, 9.17) is 0 Å². The second-order valence-corrected chi connectivity index (χ2v) is 5.74. The fourth-order valence-electron chi connectivity index (χ4n) is 2.30. The summed E-state index contributed by atoms with van der Waals surface area (Å²) in [6, 6.07) is 4.51. The van der Waals surface area contributed by atoms with Gasteiger partial charge in [0.25, 0.3) is 11.1 Å². The molecule has 0 aliphatic rings. The Morgan fingerprint density at radius 2 is 2.08 bits per heavy atom. The number of aryl methyl sites for hydroxylation is 2. The molecule has 1 amide bonds. The normalized spacial score (nSPS) is 10.6. The van der Waals surface area contributed by atoms with Crippen LogP contribution in [0.3, 0.4) is 0 Å². The van der Waals surface area contributed by atoms with E-state index in [9.17, 15) is 14.4 Å². The zero-order chi connectivity index (χ0) is 18.1. The van der Waals surface area contributed by atoms with Gasteiger partial charge in [-0.3, -0.25) is 19.0 Å². The van der Waals surface area contributed by atoms with Gasteiger partial charge in [0.2, 0.25) is 5.91 Å². The van der Waals surface area contributed by atoms with Gasteiger partial charge < -0.3 is 5.32 Å². The van der Waals surface area contributed by atoms with Crippen molar-refractivity contribution in [2.24, 2.45) is 0 Å². The Labute approximate surface area is 145 Å². The van der Waals surface area contributed by atoms with E-state index in [1.165, 1.54) is 27.7 Å². The first kappa shape index (κ1) is 18.6. The van der Waals surface area contributed by atoms with Crippen LogP contribution in [0, 0.1) is 0 Å². The molecule has 2 heterocycles. The molecule has 2 aromatic rings. The second kappa shape index (κ2) is 9.51. The number of nitrogens with zero attached hydrogens (tertiary/aromatic N) is 4. The summed E-state index contributed by atoms with van der Waals surface area (Å²) in [7, 11) is 0. The van der Waals surface area contributed by atoms with Crippen molar-refractivity contribution in [3.05, 3.63) is 57.1 Å². The van der Waals surface area contributed by atoms with Gasteiger partial charge in [-0.25, -0.2) is 9.67 Å². The lowest BCUT2D eigenvalue weighted by atomic mass is 10.2. The maximum absolute atomic E-state index is 12.0. The smallest absolute Gasteiger partial charge is 0.266 e. The van der Waals surface area contributed by atoms with Crippen LogP contribution in [0.1, 0.15) is 31.9 Å². The van der Waals surface area contributed by atoms with E-state index in [1.807, 2.05) is 0 Å². The van der Waals surface area contributed by atoms with Gasteiger partial charge in [0.15, 0.2) is 0 Å². The van der Waals surface area contributed by atoms with E-state index in [2.05, 4.69) is 22.3 Å². The lowest BCUT2D eigenvalue weighted by Crippen LogP contribution is -2.33. The predicted octanol–water partition coefficient (Wildman–Crippen LogP) is 0.349. The molecule has 0 fully saturated rings. The van der Waals surface area contributed by atoms with Crippen molar-refractivity contribution in [3.8, 4) is 0 Å². The molecule has 0 aliphatic heterocycles. The minimum absolute atomic E-state index is 0.0660. The number of hydrogen-bond acceptors (Lipinski definition) is 5. The SMILES string of the molecule is CCCCc1cc(=O)n(CC(=O)NCCCn2ncccc2=O)cn1. The highest BCUT2D eigenvalue weighted by Crippen LogP contribution is 1.98. The number of hydrogen-bond donors (Lipinski definition) is 1. The van der Waals surface area contributed by atoms with E-state index in [0.29, 0.717) is 19.5 Å². The van der Waals surface area contributed by atoms with Crippen LogP contribution in [0.25, 0.3) is 0 Å². The van der Waals surface area contributed by atoms with Crippen molar-refractivity contribution in [2.45, 2.75) is 45.7 Å². The van der Waals surface area contributed by atoms with Gasteiger partial charge in [-0.05, 0) is 25.3 Å². The standard InChI is InChI=1S/C17H23N5O3/c1-2-3-6-14-11-17(25)21(13-19-14)12-15(23)18-8-5-10-22-16(24)7-4-9-20-22/h4,7,9,11,13H,2-3,5-6,8,10,12H2,1H3,(H,18,23). The van der Waals surface area contributed by atoms with Crippen LogP contribution < -0.4 is 16.4 Å². The van der Waals surface area contributed by atoms with Crippen LogP contribution in [-0.4, -0.2) is 31.8 Å². The molecular weight excluding hydrogens is 322 g/mol. The van der Waals surface area contributed by atoms with E-state index in [1.54, 1.807) is 12.3 Å². The molecule has 0 unspecified atom stereocenters. The van der Waals surface area contributed by atoms with Gasteiger partial charge in [0.1, 0.15) is 6.54 Å². The molecule has 0 spiro atoms. The van der Waals surface area contributed by atoms with Crippen LogP contribution >= 0.6 is 0 Å². The molecule has 134 valence electrons. The molecule has 0 aromatic carbocycles. The summed E-state index contributed by atoms with van der Waals surface area (Å²) in [4.78, 5) is 39.6. The number of amides is 1. The van der Waals surface area contributed by atoms with E-state index >= 15 is 0 Å². The van der Waals surface area contributed by atoms with Crippen molar-refractivity contribution in [1.82, 2.24) is 24.6 Å². The molecule has 0 radical (unpaired) electrons. The van der Waals surface area contributed by atoms with E-state index in [-0.39, 0.29) is 23.6 Å². The predicted molar refractivity (Wildman–Crippen MR) is 93.2 cm³/mol. The second-order valence-electron chi connectivity index (χ2n) is 5.74. The summed E-state index contributed by atoms with van der Waals surface area (Å²) in [6.45, 7) is 2.84. The van der Waals surface area contributed by atoms with Crippen molar-refractivity contribution in [1.29, 1.82) is 0 Å². The fraction of sp³-hybridized carbons (Fsp3) is 0.471. The van der Waals surface area contributed by atoms with Gasteiger partial charge in [-0.2, -0.15) is 5.10 Å². The maximum atomic E-state index is 12.0. The zero-order valence-corrected chi connectivity index (χ0v) is 14.4. The molecule has 0 saturated carbocycles. The molecule has 0 bridgehead atoms. The van der Waals surface area contributed by atoms with Gasteiger partial charge >= 0.3 is 0 Å². The number of aromatic nitrogens is 4. The first-order valence-corrected chi connectivity index (χ1v) is 8.44. The highest BCUT2D eigenvalue weighted by molar-refractivity contribution is 5.75. The third-order valence-corrected chi connectivity index (χ3v) is 3.69. The Morgan fingerprint density at radius 3 is 2.80 bits per heavy atom. The Bertz CT molecular complexity index is 812. The number of carbonyl (C=O) groups excluding carboxylic acids is 1. The van der Waals surface area contributed by atoms with Gasteiger partial charge in [-0.15, -0.1) is 0 Å². The summed E-state index contributed by atoms with van der Waals surface area (Å²) in [6.07, 6.45) is 6.33. The maximum Gasteiger partial charge on any atom is 0.266 e. The summed E-state index contributed by atoms with van der Waals surface area (Å²) >= 11 is 0. The van der Waals surface area contributed by atoms with Crippen molar-refractivity contribution < 1.29 is 4.79 Å². The highest BCUT2D eigenvalue weighted by Gasteiger charge is 2.06. The highest BCUT2D eigenvalue weighted by atomic mass is 16.2. The zero-order valence-electron chi connectivity index (χ0n) is 14.4. The van der Waals surface area contributed by atoms with Crippen LogP contribution in [0.5, 0.6) is 0 Å². The van der Waals surface area contributed by atoms with Crippen molar-refractivity contribution in [2.75, 3.05) is 6.54 Å². The molecule has 25 heavy (non-hydrogen) atoms. The van der Waals surface area contributed by atoms with E-state index < -0.39 is 0 Å². The summed E-state index contributed by atoms with van der Waals surface area (Å²) in [5.41, 5.74) is 0.357. The summed E-state index contributed by atoms with van der Waals surface area (Å²) < 4.78 is 2.63. The van der Waals surface area contributed by atoms with Crippen molar-refractivity contribution >= 4 is 5.91 Å². The largest absolute Gasteiger partial charge is 0.354 e. The molecule has 8 heteroatoms. The van der Waals surface area contributed by atoms with Crippen LogP contribution in [0.15, 0.2) is 40.3 Å². The van der Waals surface area contributed by atoms with Gasteiger partial charge in [0, 0.05) is 37.1 Å². The molecule has 1 N–H and O–H groups in total. The first-order chi connectivity index (χ1) is 12.1. The third kappa shape index (κ3) is 5.98. The molecule has 2 rings (SSSR count). The number of rotatable bonds is 9. The summed E-state index contributed by atoms with van der Waals surface area (Å²) in [5, 5.41) is 6.67. The molecule has 2 aromatic heterocycles. The monoisotopic (exact) mass is 345 g/mol. The minimum atomic E-state index is -0.265. The van der Waals surface area contributed by atoms with Crippen molar-refractivity contribution in [3.63, 3.8) is 0 Å². The third-order valence-electron chi connectivity index (χ3n) is 3.69. The fourth-order valence-corrected chi connectivity index (χ4v) is 2.30. The molecular formula is C17H23N5O3. The number of unbranched alkanes of at least 4 members (excludes halogenated alkanes) is 1. The molecule has 0 atom stereocenters. The minimum Gasteiger partial charge on any atom is -0.354 e. The average molecular weight is 345 g/mol. The van der Waals surface area contributed by atoms with Crippen LogP contribution in [0.4, 0.5) is 0 Å².